The second-order valence-electron chi connectivity index (χ2n) is 9.95. The molecule has 7 heteroatoms. The van der Waals surface area contributed by atoms with Gasteiger partial charge in [-0.1, -0.05) is 24.3 Å². The van der Waals surface area contributed by atoms with Crippen LogP contribution in [0.15, 0.2) is 61.2 Å². The normalized spacial score (nSPS) is 16.7. The van der Waals surface area contributed by atoms with Crippen molar-refractivity contribution in [2.75, 3.05) is 11.1 Å². The predicted octanol–water partition coefficient (Wildman–Crippen LogP) is 6.21. The molecule has 0 spiro atoms. The first-order chi connectivity index (χ1) is 17.1. The minimum atomic E-state index is -0.398. The zero-order valence-electron chi connectivity index (χ0n) is 20.0. The molecule has 2 aliphatic rings. The Bertz CT molecular complexity index is 1350. The highest BCUT2D eigenvalue weighted by Gasteiger charge is 2.31. The van der Waals surface area contributed by atoms with Crippen LogP contribution in [-0.2, 0) is 11.3 Å². The summed E-state index contributed by atoms with van der Waals surface area (Å²) in [6, 6.07) is 14.9. The second kappa shape index (κ2) is 8.80. The molecular weight excluding hydrogens is 438 g/mol. The van der Waals surface area contributed by atoms with Crippen molar-refractivity contribution in [1.82, 2.24) is 14.1 Å². The molecule has 1 amide bonds. The maximum atomic E-state index is 12.3. The molecular formula is C28H31N5O2. The Morgan fingerprint density at radius 1 is 1.17 bits per heavy atom. The summed E-state index contributed by atoms with van der Waals surface area (Å²) in [5.41, 5.74) is 12.8. The number of hydrogen-bond acceptors (Lipinski definition) is 4. The number of aromatic nitrogens is 3. The second-order valence-corrected chi connectivity index (χ2v) is 9.95. The third-order valence-electron chi connectivity index (χ3n) is 7.46. The van der Waals surface area contributed by atoms with Crippen molar-refractivity contribution >= 4 is 28.4 Å². The Hall–Kier alpha value is -3.74. The fourth-order valence-corrected chi connectivity index (χ4v) is 5.08. The van der Waals surface area contributed by atoms with Gasteiger partial charge >= 0.3 is 6.09 Å². The quantitative estimate of drug-likeness (QED) is 0.337. The summed E-state index contributed by atoms with van der Waals surface area (Å²) in [7, 11) is 0. The van der Waals surface area contributed by atoms with Gasteiger partial charge in [-0.3, -0.25) is 5.32 Å². The highest BCUT2D eigenvalue weighted by Crippen LogP contribution is 2.44. The van der Waals surface area contributed by atoms with Crippen LogP contribution >= 0.6 is 0 Å². The SMILES string of the molecule is CC(OC(=O)Nc1ccc(-c2c(N)c3ccc(Cn4ccnc4)cc3n2C2CCC2)cc1)C1CC1. The summed E-state index contributed by atoms with van der Waals surface area (Å²) in [6.45, 7) is 2.74. The number of benzene rings is 2. The predicted molar refractivity (Wildman–Crippen MR) is 138 cm³/mol. The van der Waals surface area contributed by atoms with Gasteiger partial charge in [0.1, 0.15) is 6.10 Å². The van der Waals surface area contributed by atoms with Gasteiger partial charge in [0.05, 0.1) is 23.2 Å². The number of carbonyl (C=O) groups excluding carboxylic acids is 1. The molecule has 2 aromatic heterocycles. The van der Waals surface area contributed by atoms with Gasteiger partial charge in [0.15, 0.2) is 0 Å². The first kappa shape index (κ1) is 21.8. The lowest BCUT2D eigenvalue weighted by molar-refractivity contribution is 0.108. The van der Waals surface area contributed by atoms with Crippen molar-refractivity contribution in [1.29, 1.82) is 0 Å². The molecule has 2 aromatic carbocycles. The molecule has 35 heavy (non-hydrogen) atoms. The molecule has 2 fully saturated rings. The Morgan fingerprint density at radius 3 is 2.63 bits per heavy atom. The minimum Gasteiger partial charge on any atom is -0.446 e. The van der Waals surface area contributed by atoms with Crippen LogP contribution in [0.5, 0.6) is 0 Å². The zero-order chi connectivity index (χ0) is 23.9. The van der Waals surface area contributed by atoms with Crippen molar-refractivity contribution in [2.24, 2.45) is 5.92 Å². The van der Waals surface area contributed by atoms with E-state index in [1.807, 2.05) is 43.7 Å². The highest BCUT2D eigenvalue weighted by molar-refractivity contribution is 6.01. The van der Waals surface area contributed by atoms with E-state index in [9.17, 15) is 4.79 Å². The van der Waals surface area contributed by atoms with E-state index in [4.69, 9.17) is 10.5 Å². The Morgan fingerprint density at radius 2 is 1.97 bits per heavy atom. The number of nitrogens with zero attached hydrogens (tertiary/aromatic N) is 3. The molecule has 4 aromatic rings. The molecule has 180 valence electrons. The molecule has 2 saturated carbocycles. The molecule has 0 aliphatic heterocycles. The van der Waals surface area contributed by atoms with Gasteiger partial charge in [0.25, 0.3) is 0 Å². The first-order valence-electron chi connectivity index (χ1n) is 12.5. The molecule has 0 radical (unpaired) electrons. The number of nitrogens with one attached hydrogen (secondary N) is 1. The van der Waals surface area contributed by atoms with Crippen molar-refractivity contribution in [3.63, 3.8) is 0 Å². The molecule has 0 bridgehead atoms. The molecule has 0 saturated heterocycles. The Labute approximate surface area is 204 Å². The van der Waals surface area contributed by atoms with Crippen LogP contribution < -0.4 is 11.1 Å². The smallest absolute Gasteiger partial charge is 0.411 e. The molecule has 1 atom stereocenters. The van der Waals surface area contributed by atoms with Crippen molar-refractivity contribution < 1.29 is 9.53 Å². The molecule has 3 N–H and O–H groups in total. The standard InChI is InChI=1S/C28H31N5O2/c1-18(20-6-7-20)35-28(34)31-22-10-8-21(9-11-22)27-26(29)24-12-5-19(16-32-14-13-30-17-32)15-25(24)33(27)23-3-2-4-23/h5,8-15,17-18,20,23H,2-4,6-7,16,29H2,1H3,(H,31,34). The zero-order valence-corrected chi connectivity index (χ0v) is 20.0. The van der Waals surface area contributed by atoms with Crippen molar-refractivity contribution in [2.45, 2.75) is 57.7 Å². The third kappa shape index (κ3) is 4.27. The first-order valence-corrected chi connectivity index (χ1v) is 12.5. The average molecular weight is 470 g/mol. The van der Waals surface area contributed by atoms with Crippen LogP contribution in [0.2, 0.25) is 0 Å². The van der Waals surface area contributed by atoms with Gasteiger partial charge < -0.3 is 19.6 Å². The summed E-state index contributed by atoms with van der Waals surface area (Å²) in [5.74, 6) is 0.514. The number of fused-ring (bicyclic) bond motifs is 1. The van der Waals surface area contributed by atoms with E-state index in [0.29, 0.717) is 17.6 Å². The fraction of sp³-hybridized carbons (Fsp3) is 0.357. The van der Waals surface area contributed by atoms with Gasteiger partial charge in [0, 0.05) is 41.6 Å². The molecule has 2 aliphatic carbocycles. The Balaban J connectivity index is 1.30. The van der Waals surface area contributed by atoms with Crippen LogP contribution in [-0.4, -0.2) is 26.3 Å². The maximum absolute atomic E-state index is 12.3. The maximum Gasteiger partial charge on any atom is 0.411 e. The fourth-order valence-electron chi connectivity index (χ4n) is 5.08. The molecule has 6 rings (SSSR count). The summed E-state index contributed by atoms with van der Waals surface area (Å²) in [5, 5.41) is 3.94. The molecule has 1 unspecified atom stereocenters. The van der Waals surface area contributed by atoms with E-state index in [-0.39, 0.29) is 6.10 Å². The van der Waals surface area contributed by atoms with Crippen molar-refractivity contribution in [3.05, 3.63) is 66.7 Å². The van der Waals surface area contributed by atoms with Crippen LogP contribution in [0.1, 0.15) is 50.6 Å². The number of nitrogen functional groups attached to an aromatic ring is 1. The van der Waals surface area contributed by atoms with Gasteiger partial charge in [-0.05, 0) is 68.7 Å². The van der Waals surface area contributed by atoms with E-state index in [1.54, 1.807) is 6.20 Å². The summed E-state index contributed by atoms with van der Waals surface area (Å²) in [4.78, 5) is 16.4. The van der Waals surface area contributed by atoms with E-state index >= 15 is 0 Å². The lowest BCUT2D eigenvalue weighted by atomic mass is 9.92. The largest absolute Gasteiger partial charge is 0.446 e. The average Bonchev–Trinajstić information content (AvgIpc) is 3.48. The lowest BCUT2D eigenvalue weighted by Crippen LogP contribution is -2.21. The number of ether oxygens (including phenoxy) is 1. The number of imidazole rings is 1. The van der Waals surface area contributed by atoms with Crippen LogP contribution in [0.25, 0.3) is 22.2 Å². The van der Waals surface area contributed by atoms with Crippen LogP contribution in [0.3, 0.4) is 0 Å². The highest BCUT2D eigenvalue weighted by atomic mass is 16.6. The van der Waals surface area contributed by atoms with Gasteiger partial charge in [0.2, 0.25) is 0 Å². The number of carbonyl (C=O) groups is 1. The Kier molecular flexibility index (Phi) is 5.47. The van der Waals surface area contributed by atoms with E-state index in [2.05, 4.69) is 37.6 Å². The summed E-state index contributed by atoms with van der Waals surface area (Å²) >= 11 is 0. The molecule has 2 heterocycles. The lowest BCUT2D eigenvalue weighted by Gasteiger charge is -2.30. The van der Waals surface area contributed by atoms with Gasteiger partial charge in [-0.2, -0.15) is 0 Å². The van der Waals surface area contributed by atoms with Gasteiger partial charge in [-0.25, -0.2) is 9.78 Å². The summed E-state index contributed by atoms with van der Waals surface area (Å²) in [6.07, 6.45) is 11.0. The topological polar surface area (TPSA) is 87.1 Å². The monoisotopic (exact) mass is 469 g/mol. The third-order valence-corrected chi connectivity index (χ3v) is 7.46. The number of amides is 1. The van der Waals surface area contributed by atoms with E-state index < -0.39 is 6.09 Å². The van der Waals surface area contributed by atoms with Crippen molar-refractivity contribution in [3.8, 4) is 11.3 Å². The van der Waals surface area contributed by atoms with Crippen LogP contribution in [0, 0.1) is 5.92 Å². The number of hydrogen-bond donors (Lipinski definition) is 2. The van der Waals surface area contributed by atoms with E-state index in [0.717, 1.165) is 54.6 Å². The summed E-state index contributed by atoms with van der Waals surface area (Å²) < 4.78 is 10.00. The minimum absolute atomic E-state index is 0.0362. The molecule has 7 nitrogen and oxygen atoms in total. The number of anilines is 2. The van der Waals surface area contributed by atoms with E-state index in [1.165, 1.54) is 17.5 Å². The number of rotatable bonds is 7. The van der Waals surface area contributed by atoms with Gasteiger partial charge in [-0.15, -0.1) is 0 Å². The number of nitrogens with two attached hydrogens (primary N) is 1. The van der Waals surface area contributed by atoms with Crippen LogP contribution in [0.4, 0.5) is 16.2 Å².